The van der Waals surface area contributed by atoms with E-state index in [0.717, 1.165) is 28.3 Å². The lowest BCUT2D eigenvalue weighted by atomic mass is 9.96. The summed E-state index contributed by atoms with van der Waals surface area (Å²) in [5.41, 5.74) is 3.71. The van der Waals surface area contributed by atoms with Crippen LogP contribution in [0.4, 0.5) is 4.39 Å². The van der Waals surface area contributed by atoms with Crippen molar-refractivity contribution in [3.8, 4) is 0 Å². The van der Waals surface area contributed by atoms with Gasteiger partial charge >= 0.3 is 0 Å². The monoisotopic (exact) mass is 291 g/mol. The van der Waals surface area contributed by atoms with Gasteiger partial charge in [-0.05, 0) is 54.8 Å². The second-order valence-electron chi connectivity index (χ2n) is 5.01. The first-order valence-corrected chi connectivity index (χ1v) is 7.16. The van der Waals surface area contributed by atoms with Gasteiger partial charge in [-0.25, -0.2) is 4.39 Å². The van der Waals surface area contributed by atoms with Gasteiger partial charge in [0.2, 0.25) is 0 Å². The summed E-state index contributed by atoms with van der Waals surface area (Å²) >= 11 is 6.07. The first kappa shape index (κ1) is 15.0. The zero-order chi connectivity index (χ0) is 14.7. The van der Waals surface area contributed by atoms with Crippen molar-refractivity contribution in [2.45, 2.75) is 26.8 Å². The Hall–Kier alpha value is -1.38. The van der Waals surface area contributed by atoms with Crippen molar-refractivity contribution in [1.82, 2.24) is 5.32 Å². The summed E-state index contributed by atoms with van der Waals surface area (Å²) in [7, 11) is 0. The van der Waals surface area contributed by atoms with Crippen molar-refractivity contribution < 1.29 is 4.39 Å². The number of nitrogens with one attached hydrogen (secondary N) is 1. The maximum atomic E-state index is 13.8. The summed E-state index contributed by atoms with van der Waals surface area (Å²) in [4.78, 5) is 0. The van der Waals surface area contributed by atoms with Crippen LogP contribution in [0.2, 0.25) is 5.02 Å². The summed E-state index contributed by atoms with van der Waals surface area (Å²) in [5.74, 6) is -0.170. The molecule has 1 nitrogen and oxygen atoms in total. The average Bonchev–Trinajstić information content (AvgIpc) is 2.43. The molecule has 0 fully saturated rings. The van der Waals surface area contributed by atoms with Crippen molar-refractivity contribution in [2.24, 2.45) is 0 Å². The summed E-state index contributed by atoms with van der Waals surface area (Å²) < 4.78 is 13.8. The lowest BCUT2D eigenvalue weighted by Crippen LogP contribution is -2.22. The van der Waals surface area contributed by atoms with Crippen LogP contribution in [0.5, 0.6) is 0 Å². The molecule has 0 aliphatic heterocycles. The Labute approximate surface area is 124 Å². The van der Waals surface area contributed by atoms with Crippen molar-refractivity contribution >= 4 is 11.6 Å². The molecule has 1 N–H and O–H groups in total. The molecule has 106 valence electrons. The van der Waals surface area contributed by atoms with Crippen LogP contribution in [-0.4, -0.2) is 6.54 Å². The van der Waals surface area contributed by atoms with Crippen LogP contribution in [-0.2, 0) is 0 Å². The minimum absolute atomic E-state index is 0.0222. The molecule has 0 saturated carbocycles. The Bertz CT molecular complexity index is 558. The van der Waals surface area contributed by atoms with E-state index in [2.05, 4.69) is 5.32 Å². The van der Waals surface area contributed by atoms with E-state index >= 15 is 0 Å². The van der Waals surface area contributed by atoms with Crippen LogP contribution in [0, 0.1) is 19.7 Å². The number of halogens is 2. The zero-order valence-electron chi connectivity index (χ0n) is 12.0. The second-order valence-corrected chi connectivity index (χ2v) is 5.42. The molecular formula is C17H19ClFN. The van der Waals surface area contributed by atoms with Gasteiger partial charge in [0.25, 0.3) is 0 Å². The topological polar surface area (TPSA) is 12.0 Å². The molecule has 3 heteroatoms. The molecule has 0 bridgehead atoms. The van der Waals surface area contributed by atoms with E-state index in [1.807, 2.05) is 44.2 Å². The number of aryl methyl sites for hydroxylation is 2. The minimum Gasteiger partial charge on any atom is -0.307 e. The molecule has 0 aliphatic carbocycles. The molecule has 0 spiro atoms. The van der Waals surface area contributed by atoms with Gasteiger partial charge in [0.15, 0.2) is 0 Å². The largest absolute Gasteiger partial charge is 0.307 e. The van der Waals surface area contributed by atoms with Crippen LogP contribution in [0.25, 0.3) is 0 Å². The molecule has 1 unspecified atom stereocenters. The van der Waals surface area contributed by atoms with Crippen LogP contribution in [0.3, 0.4) is 0 Å². The Balaban J connectivity index is 2.44. The molecule has 0 aliphatic rings. The molecular weight excluding hydrogens is 273 g/mol. The third kappa shape index (κ3) is 3.20. The van der Waals surface area contributed by atoms with Crippen LogP contribution < -0.4 is 5.32 Å². The lowest BCUT2D eigenvalue weighted by Gasteiger charge is -2.20. The Morgan fingerprint density at radius 3 is 2.30 bits per heavy atom. The maximum Gasteiger partial charge on any atom is 0.126 e. The quantitative estimate of drug-likeness (QED) is 0.853. The van der Waals surface area contributed by atoms with E-state index in [4.69, 9.17) is 11.6 Å². The first-order valence-electron chi connectivity index (χ1n) is 6.78. The third-order valence-electron chi connectivity index (χ3n) is 3.45. The SMILES string of the molecule is CCNC(c1ccc(Cl)c(C)c1)c1ccc(C)c(F)c1. The van der Waals surface area contributed by atoms with Gasteiger partial charge in [0, 0.05) is 5.02 Å². The highest BCUT2D eigenvalue weighted by Crippen LogP contribution is 2.26. The molecule has 2 rings (SSSR count). The van der Waals surface area contributed by atoms with Crippen molar-refractivity contribution in [3.63, 3.8) is 0 Å². The fourth-order valence-electron chi connectivity index (χ4n) is 2.27. The first-order chi connectivity index (χ1) is 9.52. The Morgan fingerprint density at radius 2 is 1.70 bits per heavy atom. The highest BCUT2D eigenvalue weighted by atomic mass is 35.5. The smallest absolute Gasteiger partial charge is 0.126 e. The zero-order valence-corrected chi connectivity index (χ0v) is 12.8. The van der Waals surface area contributed by atoms with E-state index in [-0.39, 0.29) is 11.9 Å². The van der Waals surface area contributed by atoms with E-state index in [1.165, 1.54) is 0 Å². The fourth-order valence-corrected chi connectivity index (χ4v) is 2.39. The van der Waals surface area contributed by atoms with Gasteiger partial charge in [-0.2, -0.15) is 0 Å². The van der Waals surface area contributed by atoms with E-state index < -0.39 is 0 Å². The van der Waals surface area contributed by atoms with E-state index in [0.29, 0.717) is 5.56 Å². The van der Waals surface area contributed by atoms with Gasteiger partial charge < -0.3 is 5.32 Å². The second kappa shape index (κ2) is 6.38. The standard InChI is InChI=1S/C17H19ClFN/c1-4-20-17(13-7-8-15(18)12(3)9-13)14-6-5-11(2)16(19)10-14/h5-10,17,20H,4H2,1-3H3. The molecule has 1 atom stereocenters. The van der Waals surface area contributed by atoms with Gasteiger partial charge in [-0.3, -0.25) is 0 Å². The van der Waals surface area contributed by atoms with Gasteiger partial charge in [-0.1, -0.05) is 42.8 Å². The van der Waals surface area contributed by atoms with Crippen LogP contribution >= 0.6 is 11.6 Å². The lowest BCUT2D eigenvalue weighted by molar-refractivity contribution is 0.597. The van der Waals surface area contributed by atoms with E-state index in [1.54, 1.807) is 13.0 Å². The molecule has 2 aromatic rings. The normalized spacial score (nSPS) is 12.4. The summed E-state index contributed by atoms with van der Waals surface area (Å²) in [5, 5.41) is 4.15. The third-order valence-corrected chi connectivity index (χ3v) is 3.88. The molecule has 0 amide bonds. The number of hydrogen-bond donors (Lipinski definition) is 1. The predicted molar refractivity (Wildman–Crippen MR) is 82.8 cm³/mol. The Kier molecular flexibility index (Phi) is 4.79. The van der Waals surface area contributed by atoms with Crippen molar-refractivity contribution in [1.29, 1.82) is 0 Å². The maximum absolute atomic E-state index is 13.8. The highest BCUT2D eigenvalue weighted by molar-refractivity contribution is 6.31. The molecule has 0 saturated heterocycles. The van der Waals surface area contributed by atoms with Crippen molar-refractivity contribution in [2.75, 3.05) is 6.54 Å². The number of hydrogen-bond acceptors (Lipinski definition) is 1. The van der Waals surface area contributed by atoms with Crippen molar-refractivity contribution in [3.05, 3.63) is 69.5 Å². The van der Waals surface area contributed by atoms with Gasteiger partial charge in [-0.15, -0.1) is 0 Å². The molecule has 0 aromatic heterocycles. The molecule has 2 aromatic carbocycles. The van der Waals surface area contributed by atoms with Gasteiger partial charge in [0.1, 0.15) is 5.82 Å². The molecule has 20 heavy (non-hydrogen) atoms. The van der Waals surface area contributed by atoms with Gasteiger partial charge in [0.05, 0.1) is 6.04 Å². The average molecular weight is 292 g/mol. The number of benzene rings is 2. The summed E-state index contributed by atoms with van der Waals surface area (Å²) in [6.45, 7) is 6.60. The minimum atomic E-state index is -0.170. The highest BCUT2D eigenvalue weighted by Gasteiger charge is 2.15. The Morgan fingerprint density at radius 1 is 1.05 bits per heavy atom. The fraction of sp³-hybridized carbons (Fsp3) is 0.294. The number of rotatable bonds is 4. The summed E-state index contributed by atoms with van der Waals surface area (Å²) in [6.07, 6.45) is 0. The molecule has 0 heterocycles. The predicted octanol–water partition coefficient (Wildman–Crippen LogP) is 4.79. The van der Waals surface area contributed by atoms with Crippen LogP contribution in [0.15, 0.2) is 36.4 Å². The molecule has 0 radical (unpaired) electrons. The summed E-state index contributed by atoms with van der Waals surface area (Å²) in [6, 6.07) is 11.3. The van der Waals surface area contributed by atoms with E-state index in [9.17, 15) is 4.39 Å². The van der Waals surface area contributed by atoms with Crippen LogP contribution in [0.1, 0.15) is 35.2 Å².